The average molecular weight is 169 g/mol. The Morgan fingerprint density at radius 3 is 3.18 bits per heavy atom. The van der Waals surface area contributed by atoms with Crippen LogP contribution in [0.2, 0.25) is 0 Å². The maximum absolute atomic E-state index is 4.38. The fourth-order valence-corrected chi connectivity index (χ4v) is 1.81. The molecule has 0 radical (unpaired) electrons. The van der Waals surface area contributed by atoms with E-state index in [0.717, 1.165) is 6.42 Å². The van der Waals surface area contributed by atoms with Gasteiger partial charge < -0.3 is 0 Å². The predicted molar refractivity (Wildman–Crippen MR) is 53.7 cm³/mol. The van der Waals surface area contributed by atoms with Crippen molar-refractivity contribution in [1.29, 1.82) is 0 Å². The van der Waals surface area contributed by atoms with Crippen LogP contribution in [-0.2, 0) is 0 Å². The van der Waals surface area contributed by atoms with Gasteiger partial charge in [0.15, 0.2) is 0 Å². The van der Waals surface area contributed by atoms with Gasteiger partial charge >= 0.3 is 0 Å². The molecule has 0 saturated carbocycles. The SMILES string of the molecule is CCSCCC1CC=CC=N1. The van der Waals surface area contributed by atoms with Crippen molar-refractivity contribution < 1.29 is 0 Å². The zero-order chi connectivity index (χ0) is 7.94. The maximum Gasteiger partial charge on any atom is 0.0541 e. The highest BCUT2D eigenvalue weighted by atomic mass is 32.2. The molecule has 0 saturated heterocycles. The summed E-state index contributed by atoms with van der Waals surface area (Å²) in [7, 11) is 0. The molecule has 62 valence electrons. The third-order valence-electron chi connectivity index (χ3n) is 1.73. The van der Waals surface area contributed by atoms with E-state index in [9.17, 15) is 0 Å². The van der Waals surface area contributed by atoms with Crippen LogP contribution in [0.15, 0.2) is 17.1 Å². The van der Waals surface area contributed by atoms with Gasteiger partial charge in [-0.15, -0.1) is 0 Å². The molecule has 0 fully saturated rings. The van der Waals surface area contributed by atoms with E-state index >= 15 is 0 Å². The van der Waals surface area contributed by atoms with E-state index in [2.05, 4.69) is 18.0 Å². The topological polar surface area (TPSA) is 12.4 Å². The Balaban J connectivity index is 2.07. The molecule has 2 heteroatoms. The molecule has 1 rings (SSSR count). The van der Waals surface area contributed by atoms with Crippen LogP contribution in [-0.4, -0.2) is 23.8 Å². The highest BCUT2D eigenvalue weighted by molar-refractivity contribution is 7.99. The first-order valence-corrected chi connectivity index (χ1v) is 5.35. The summed E-state index contributed by atoms with van der Waals surface area (Å²) >= 11 is 2.00. The number of dihydropyridines is 1. The van der Waals surface area contributed by atoms with E-state index < -0.39 is 0 Å². The smallest absolute Gasteiger partial charge is 0.0541 e. The molecule has 0 aliphatic carbocycles. The number of rotatable bonds is 4. The second kappa shape index (κ2) is 5.42. The third kappa shape index (κ3) is 3.61. The molecule has 1 unspecified atom stereocenters. The minimum atomic E-state index is 0.569. The Hall–Kier alpha value is -0.240. The quantitative estimate of drug-likeness (QED) is 0.589. The van der Waals surface area contributed by atoms with Crippen LogP contribution in [0.25, 0.3) is 0 Å². The van der Waals surface area contributed by atoms with Gasteiger partial charge in [0.1, 0.15) is 0 Å². The van der Waals surface area contributed by atoms with Crippen molar-refractivity contribution in [2.45, 2.75) is 25.8 Å². The fraction of sp³-hybridized carbons (Fsp3) is 0.667. The minimum absolute atomic E-state index is 0.569. The first kappa shape index (κ1) is 8.85. The monoisotopic (exact) mass is 169 g/mol. The number of allylic oxidation sites excluding steroid dienone is 1. The third-order valence-corrected chi connectivity index (χ3v) is 2.66. The van der Waals surface area contributed by atoms with E-state index in [-0.39, 0.29) is 0 Å². The summed E-state index contributed by atoms with van der Waals surface area (Å²) in [4.78, 5) is 4.38. The summed E-state index contributed by atoms with van der Waals surface area (Å²) in [6.07, 6.45) is 8.53. The van der Waals surface area contributed by atoms with Crippen LogP contribution >= 0.6 is 11.8 Å². The number of hydrogen-bond acceptors (Lipinski definition) is 2. The minimum Gasteiger partial charge on any atom is -0.290 e. The van der Waals surface area contributed by atoms with Crippen LogP contribution < -0.4 is 0 Å². The van der Waals surface area contributed by atoms with Crippen molar-refractivity contribution in [3.63, 3.8) is 0 Å². The molecule has 0 amide bonds. The largest absolute Gasteiger partial charge is 0.290 e. The molecule has 11 heavy (non-hydrogen) atoms. The summed E-state index contributed by atoms with van der Waals surface area (Å²) < 4.78 is 0. The molecule has 0 aromatic carbocycles. The van der Waals surface area contributed by atoms with Crippen LogP contribution in [0, 0.1) is 0 Å². The molecule has 1 heterocycles. The van der Waals surface area contributed by atoms with Crippen LogP contribution in [0.3, 0.4) is 0 Å². The molecule has 1 atom stereocenters. The van der Waals surface area contributed by atoms with E-state index in [1.807, 2.05) is 24.1 Å². The first-order valence-electron chi connectivity index (χ1n) is 4.19. The van der Waals surface area contributed by atoms with Crippen molar-refractivity contribution >= 4 is 18.0 Å². The summed E-state index contributed by atoms with van der Waals surface area (Å²) in [5.74, 6) is 2.48. The van der Waals surface area contributed by atoms with Gasteiger partial charge in [-0.3, -0.25) is 4.99 Å². The summed E-state index contributed by atoms with van der Waals surface area (Å²) in [5, 5.41) is 0. The molecule has 1 aliphatic rings. The Labute approximate surface area is 73.0 Å². The van der Waals surface area contributed by atoms with E-state index in [4.69, 9.17) is 0 Å². The lowest BCUT2D eigenvalue weighted by Crippen LogP contribution is -2.07. The maximum atomic E-state index is 4.38. The summed E-state index contributed by atoms with van der Waals surface area (Å²) in [6, 6.07) is 0.569. The number of hydrogen-bond donors (Lipinski definition) is 0. The molecule has 0 aromatic rings. The molecular formula is C9H15NS. The van der Waals surface area contributed by atoms with E-state index in [0.29, 0.717) is 6.04 Å². The number of nitrogens with zero attached hydrogens (tertiary/aromatic N) is 1. The average Bonchev–Trinajstić information content (AvgIpc) is 2.07. The van der Waals surface area contributed by atoms with Crippen molar-refractivity contribution in [3.8, 4) is 0 Å². The Bertz CT molecular complexity index is 152. The second-order valence-electron chi connectivity index (χ2n) is 2.60. The van der Waals surface area contributed by atoms with Crippen LogP contribution in [0.4, 0.5) is 0 Å². The standard InChI is InChI=1S/C9H15NS/c1-2-11-8-6-9-5-3-4-7-10-9/h3-4,7,9H,2,5-6,8H2,1H3. The summed E-state index contributed by atoms with van der Waals surface area (Å²) in [6.45, 7) is 2.20. The number of thioether (sulfide) groups is 1. The Morgan fingerprint density at radius 1 is 1.64 bits per heavy atom. The highest BCUT2D eigenvalue weighted by Crippen LogP contribution is 2.11. The fourth-order valence-electron chi connectivity index (χ4n) is 1.08. The Morgan fingerprint density at radius 2 is 2.55 bits per heavy atom. The van der Waals surface area contributed by atoms with Crippen molar-refractivity contribution in [1.82, 2.24) is 0 Å². The van der Waals surface area contributed by atoms with Crippen LogP contribution in [0.5, 0.6) is 0 Å². The van der Waals surface area contributed by atoms with Gasteiger partial charge in [0, 0.05) is 6.21 Å². The van der Waals surface area contributed by atoms with Crippen LogP contribution in [0.1, 0.15) is 19.8 Å². The van der Waals surface area contributed by atoms with Crippen molar-refractivity contribution in [2.24, 2.45) is 4.99 Å². The predicted octanol–water partition coefficient (Wildman–Crippen LogP) is 2.53. The van der Waals surface area contributed by atoms with E-state index in [1.54, 1.807) is 0 Å². The molecule has 0 bridgehead atoms. The highest BCUT2D eigenvalue weighted by Gasteiger charge is 2.04. The molecule has 1 nitrogen and oxygen atoms in total. The van der Waals surface area contributed by atoms with E-state index in [1.165, 1.54) is 17.9 Å². The Kier molecular flexibility index (Phi) is 4.36. The molecule has 0 aromatic heterocycles. The van der Waals surface area contributed by atoms with Gasteiger partial charge in [-0.05, 0) is 30.4 Å². The van der Waals surface area contributed by atoms with Gasteiger partial charge in [0.25, 0.3) is 0 Å². The normalized spacial score (nSPS) is 22.5. The zero-order valence-electron chi connectivity index (χ0n) is 6.99. The van der Waals surface area contributed by atoms with Crippen molar-refractivity contribution in [2.75, 3.05) is 11.5 Å². The van der Waals surface area contributed by atoms with Crippen molar-refractivity contribution in [3.05, 3.63) is 12.2 Å². The lowest BCUT2D eigenvalue weighted by molar-refractivity contribution is 0.666. The number of aliphatic imine (C=N–C) groups is 1. The molecular weight excluding hydrogens is 154 g/mol. The molecule has 1 aliphatic heterocycles. The zero-order valence-corrected chi connectivity index (χ0v) is 7.81. The van der Waals surface area contributed by atoms with Gasteiger partial charge in [-0.2, -0.15) is 11.8 Å². The lowest BCUT2D eigenvalue weighted by Gasteiger charge is -2.10. The second-order valence-corrected chi connectivity index (χ2v) is 4.00. The molecule has 0 N–H and O–H groups in total. The van der Waals surface area contributed by atoms with Gasteiger partial charge in [-0.1, -0.05) is 13.0 Å². The lowest BCUT2D eigenvalue weighted by atomic mass is 10.1. The molecule has 0 spiro atoms. The summed E-state index contributed by atoms with van der Waals surface area (Å²) in [5.41, 5.74) is 0. The van der Waals surface area contributed by atoms with Gasteiger partial charge in [-0.25, -0.2) is 0 Å². The van der Waals surface area contributed by atoms with Gasteiger partial charge in [0.2, 0.25) is 0 Å². The first-order chi connectivity index (χ1) is 5.43. The van der Waals surface area contributed by atoms with Gasteiger partial charge in [0.05, 0.1) is 6.04 Å².